The summed E-state index contributed by atoms with van der Waals surface area (Å²) in [6.45, 7) is 7.75. The first-order chi connectivity index (χ1) is 24.6. The first-order valence-electron chi connectivity index (χ1n) is 20.3. The van der Waals surface area contributed by atoms with Crippen LogP contribution in [-0.2, 0) is 5.41 Å². The van der Waals surface area contributed by atoms with Gasteiger partial charge < -0.3 is 10.6 Å². The molecular weight excluding hydrogens is 659 g/mol. The molecule has 0 atom stereocenters. The molecule has 3 aromatic carbocycles. The van der Waals surface area contributed by atoms with E-state index in [1.54, 1.807) is 0 Å². The maximum absolute atomic E-state index is 5.75. The van der Waals surface area contributed by atoms with E-state index < -0.39 is 0 Å². The molecule has 1 aliphatic rings. The third-order valence-corrected chi connectivity index (χ3v) is 12.2. The zero-order chi connectivity index (χ0) is 35.0. The minimum Gasteiger partial charge on any atom is -0.362 e. The number of aromatic nitrogens is 1. The highest BCUT2D eigenvalue weighted by Crippen LogP contribution is 2.55. The zero-order valence-corrected chi connectivity index (χ0v) is 33.0. The number of thiocarbonyl (C=S) groups is 1. The number of nitrogens with zero attached hydrogens (tertiary/aromatic N) is 1. The number of thiazole rings is 1. The van der Waals surface area contributed by atoms with Crippen molar-refractivity contribution in [1.29, 1.82) is 0 Å². The molecule has 51 heavy (non-hydrogen) atoms. The highest BCUT2D eigenvalue weighted by molar-refractivity contribution is 7.80. The largest absolute Gasteiger partial charge is 0.362 e. The van der Waals surface area contributed by atoms with Gasteiger partial charge in [0.1, 0.15) is 5.01 Å². The molecule has 0 radical (unpaired) electrons. The number of benzene rings is 3. The molecule has 3 nitrogen and oxygen atoms in total. The molecule has 1 heterocycles. The predicted octanol–water partition coefficient (Wildman–Crippen LogP) is 15.0. The van der Waals surface area contributed by atoms with Crippen molar-refractivity contribution in [2.24, 2.45) is 0 Å². The predicted molar refractivity (Wildman–Crippen MR) is 232 cm³/mol. The monoisotopic (exact) mass is 725 g/mol. The summed E-state index contributed by atoms with van der Waals surface area (Å²) < 4.78 is 1.26. The maximum Gasteiger partial charge on any atom is 0.170 e. The van der Waals surface area contributed by atoms with Crippen molar-refractivity contribution in [2.45, 2.75) is 162 Å². The number of nitrogens with one attached hydrogen (secondary N) is 2. The quantitative estimate of drug-likeness (QED) is 0.0590. The SMILES string of the molecule is C.CCCCCCCCCCC1(CCCCCCCCCC)c2cc(NC(=S)NCCCC)ccc2-c2ccc(-c3nc4ccccc4s3)cc21. The summed E-state index contributed by atoms with van der Waals surface area (Å²) in [4.78, 5) is 5.10. The van der Waals surface area contributed by atoms with E-state index in [1.165, 1.54) is 148 Å². The summed E-state index contributed by atoms with van der Waals surface area (Å²) in [5.74, 6) is 0. The molecule has 2 N–H and O–H groups in total. The molecule has 0 saturated heterocycles. The first-order valence-corrected chi connectivity index (χ1v) is 21.5. The molecule has 5 rings (SSSR count). The number of fused-ring (bicyclic) bond motifs is 4. The minimum atomic E-state index is -0.00325. The Hall–Kier alpha value is -2.76. The second-order valence-electron chi connectivity index (χ2n) is 14.8. The fourth-order valence-corrected chi connectivity index (χ4v) is 9.22. The van der Waals surface area contributed by atoms with Gasteiger partial charge in [-0.2, -0.15) is 0 Å². The van der Waals surface area contributed by atoms with Gasteiger partial charge in [0, 0.05) is 23.2 Å². The van der Waals surface area contributed by atoms with Crippen LogP contribution in [0.1, 0.15) is 168 Å². The number of anilines is 1. The van der Waals surface area contributed by atoms with Gasteiger partial charge in [0.15, 0.2) is 5.11 Å². The molecule has 5 heteroatoms. The van der Waals surface area contributed by atoms with Crippen molar-refractivity contribution in [3.05, 3.63) is 71.8 Å². The number of hydrogen-bond donors (Lipinski definition) is 2. The Bertz CT molecular complexity index is 1570. The molecule has 0 aliphatic heterocycles. The summed E-state index contributed by atoms with van der Waals surface area (Å²) in [6.07, 6.45) is 26.2. The standard InChI is InChI=1S/C45H63N3S2.CH4/c1-4-7-10-12-14-16-18-22-30-45(31-23-19-17-15-13-11-8-5-2)39-33-35(43-48-41-24-20-21-25-42(41)50-43)26-28-37(39)38-29-27-36(34-40(38)45)47-44(49)46-32-9-6-3;/h20-21,24-29,33-34H,4-19,22-23,30-32H2,1-3H3,(H2,46,47,49);1H4. The van der Waals surface area contributed by atoms with Gasteiger partial charge in [0.2, 0.25) is 0 Å². The van der Waals surface area contributed by atoms with Crippen molar-refractivity contribution in [2.75, 3.05) is 11.9 Å². The van der Waals surface area contributed by atoms with Crippen LogP contribution in [0.5, 0.6) is 0 Å². The van der Waals surface area contributed by atoms with E-state index in [0.717, 1.165) is 40.7 Å². The summed E-state index contributed by atoms with van der Waals surface area (Å²) in [5.41, 5.74) is 9.31. The van der Waals surface area contributed by atoms with Gasteiger partial charge >= 0.3 is 0 Å². The molecule has 0 fully saturated rings. The normalized spacial score (nSPS) is 12.8. The highest BCUT2D eigenvalue weighted by atomic mass is 32.1. The lowest BCUT2D eigenvalue weighted by molar-refractivity contribution is 0.397. The van der Waals surface area contributed by atoms with Crippen LogP contribution in [0.4, 0.5) is 5.69 Å². The third-order valence-electron chi connectivity index (χ3n) is 10.9. The Balaban J connectivity index is 0.00000583. The molecular formula is C46H67N3S2. The summed E-state index contributed by atoms with van der Waals surface area (Å²) >= 11 is 7.57. The fraction of sp³-hybridized carbons (Fsp3) is 0.565. The van der Waals surface area contributed by atoms with Crippen molar-refractivity contribution in [3.8, 4) is 21.7 Å². The highest BCUT2D eigenvalue weighted by Gasteiger charge is 2.42. The molecule has 0 bridgehead atoms. The second kappa shape index (κ2) is 21.7. The topological polar surface area (TPSA) is 37.0 Å². The van der Waals surface area contributed by atoms with E-state index in [2.05, 4.69) is 92.1 Å². The van der Waals surface area contributed by atoms with E-state index in [0.29, 0.717) is 0 Å². The molecule has 0 spiro atoms. The number of rotatable bonds is 23. The van der Waals surface area contributed by atoms with Gasteiger partial charge in [-0.25, -0.2) is 4.98 Å². The molecule has 4 aromatic rings. The van der Waals surface area contributed by atoms with Crippen molar-refractivity contribution in [1.82, 2.24) is 10.3 Å². The summed E-state index contributed by atoms with van der Waals surface area (Å²) in [5, 5.41) is 8.84. The van der Waals surface area contributed by atoms with Crippen molar-refractivity contribution >= 4 is 44.6 Å². The Labute approximate surface area is 320 Å². The van der Waals surface area contributed by atoms with Crippen LogP contribution in [0.15, 0.2) is 60.7 Å². The van der Waals surface area contributed by atoms with E-state index in [4.69, 9.17) is 17.2 Å². The van der Waals surface area contributed by atoms with E-state index in [9.17, 15) is 0 Å². The first kappa shape index (κ1) is 41.0. The molecule has 0 saturated carbocycles. The number of unbranched alkanes of at least 4 members (excludes halogenated alkanes) is 15. The maximum atomic E-state index is 5.75. The van der Waals surface area contributed by atoms with Crippen LogP contribution in [0.3, 0.4) is 0 Å². The summed E-state index contributed by atoms with van der Waals surface area (Å²) in [6, 6.07) is 22.9. The lowest BCUT2D eigenvalue weighted by Crippen LogP contribution is -2.29. The van der Waals surface area contributed by atoms with Gasteiger partial charge in [-0.3, -0.25) is 0 Å². The third kappa shape index (κ3) is 11.1. The van der Waals surface area contributed by atoms with Crippen LogP contribution in [0, 0.1) is 0 Å². The Morgan fingerprint density at radius 3 is 1.80 bits per heavy atom. The summed E-state index contributed by atoms with van der Waals surface area (Å²) in [7, 11) is 0. The van der Waals surface area contributed by atoms with E-state index >= 15 is 0 Å². The van der Waals surface area contributed by atoms with Gasteiger partial charge in [0.25, 0.3) is 0 Å². The minimum absolute atomic E-state index is 0. The van der Waals surface area contributed by atoms with Gasteiger partial charge in [0.05, 0.1) is 10.2 Å². The van der Waals surface area contributed by atoms with Crippen LogP contribution in [0.25, 0.3) is 31.9 Å². The molecule has 1 aromatic heterocycles. The van der Waals surface area contributed by atoms with Crippen molar-refractivity contribution in [3.63, 3.8) is 0 Å². The average molecular weight is 726 g/mol. The van der Waals surface area contributed by atoms with Crippen molar-refractivity contribution < 1.29 is 0 Å². The lowest BCUT2D eigenvalue weighted by Gasteiger charge is -2.33. The molecule has 0 unspecified atom stereocenters. The fourth-order valence-electron chi connectivity index (χ4n) is 8.04. The average Bonchev–Trinajstić information content (AvgIpc) is 3.68. The Morgan fingerprint density at radius 2 is 1.20 bits per heavy atom. The second-order valence-corrected chi connectivity index (χ2v) is 16.2. The van der Waals surface area contributed by atoms with Crippen LogP contribution in [-0.4, -0.2) is 16.6 Å². The van der Waals surface area contributed by atoms with Gasteiger partial charge in [-0.1, -0.05) is 168 Å². The smallest absolute Gasteiger partial charge is 0.170 e. The number of para-hydroxylation sites is 1. The Kier molecular flexibility index (Phi) is 17.4. The number of hydrogen-bond acceptors (Lipinski definition) is 3. The molecule has 278 valence electrons. The molecule has 0 amide bonds. The zero-order valence-electron chi connectivity index (χ0n) is 31.4. The van der Waals surface area contributed by atoms with Crippen LogP contribution < -0.4 is 10.6 Å². The van der Waals surface area contributed by atoms with Crippen LogP contribution >= 0.6 is 23.6 Å². The molecule has 1 aliphatic carbocycles. The van der Waals surface area contributed by atoms with E-state index in [-0.39, 0.29) is 12.8 Å². The lowest BCUT2D eigenvalue weighted by atomic mass is 9.70. The van der Waals surface area contributed by atoms with Crippen LogP contribution in [0.2, 0.25) is 0 Å². The van der Waals surface area contributed by atoms with Gasteiger partial charge in [-0.05, 0) is 84.1 Å². The van der Waals surface area contributed by atoms with E-state index in [1.807, 2.05) is 11.3 Å². The van der Waals surface area contributed by atoms with Gasteiger partial charge in [-0.15, -0.1) is 11.3 Å². The Morgan fingerprint density at radius 1 is 0.647 bits per heavy atom.